The van der Waals surface area contributed by atoms with E-state index in [9.17, 15) is 0 Å². The van der Waals surface area contributed by atoms with E-state index in [-0.39, 0.29) is 11.4 Å². The van der Waals surface area contributed by atoms with Gasteiger partial charge in [-0.2, -0.15) is 4.52 Å². The van der Waals surface area contributed by atoms with E-state index >= 15 is 0 Å². The number of aryl methyl sites for hydroxylation is 1. The molecule has 0 amide bonds. The molecular weight excluding hydrogens is 246 g/mol. The summed E-state index contributed by atoms with van der Waals surface area (Å²) in [6.07, 6.45) is 1.03. The van der Waals surface area contributed by atoms with E-state index in [1.807, 2.05) is 13.0 Å². The van der Waals surface area contributed by atoms with Gasteiger partial charge in [-0.05, 0) is 13.3 Å². The maximum atomic E-state index is 5.79. The maximum absolute atomic E-state index is 5.79. The van der Waals surface area contributed by atoms with Crippen molar-refractivity contribution in [2.75, 3.05) is 25.6 Å². The van der Waals surface area contributed by atoms with Crippen LogP contribution in [0.3, 0.4) is 0 Å². The van der Waals surface area contributed by atoms with Crippen LogP contribution in [0.5, 0.6) is 5.88 Å². The topological polar surface area (TPSA) is 87.6 Å². The Balaban J connectivity index is 1.83. The van der Waals surface area contributed by atoms with Gasteiger partial charge < -0.3 is 15.2 Å². The molecule has 0 atom stereocenters. The number of nitrogen functional groups attached to an aromatic ring is 1. The fourth-order valence-electron chi connectivity index (χ4n) is 2.09. The zero-order valence-corrected chi connectivity index (χ0v) is 11.1. The van der Waals surface area contributed by atoms with Gasteiger partial charge >= 0.3 is 0 Å². The average Bonchev–Trinajstić information content (AvgIpc) is 2.71. The summed E-state index contributed by atoms with van der Waals surface area (Å²) in [5, 5.41) is 12.1. The first kappa shape index (κ1) is 12.2. The van der Waals surface area contributed by atoms with Crippen molar-refractivity contribution >= 4 is 11.6 Å². The second kappa shape index (κ2) is 4.34. The SMILES string of the molecule is CCC1(COc2cc(C)c3nnc(N)n3n2)COC1. The lowest BCUT2D eigenvalue weighted by Crippen LogP contribution is -2.46. The molecule has 0 unspecified atom stereocenters. The summed E-state index contributed by atoms with van der Waals surface area (Å²) >= 11 is 0. The van der Waals surface area contributed by atoms with Gasteiger partial charge in [-0.25, -0.2) is 0 Å². The summed E-state index contributed by atoms with van der Waals surface area (Å²) < 4.78 is 12.6. The van der Waals surface area contributed by atoms with Gasteiger partial charge in [-0.3, -0.25) is 0 Å². The molecule has 3 rings (SSSR count). The minimum Gasteiger partial charge on any atom is -0.476 e. The fourth-order valence-corrected chi connectivity index (χ4v) is 2.09. The molecule has 2 aromatic rings. The predicted octanol–water partition coefficient (Wildman–Crippen LogP) is 0.820. The van der Waals surface area contributed by atoms with Crippen molar-refractivity contribution in [3.63, 3.8) is 0 Å². The molecule has 0 spiro atoms. The Labute approximate surface area is 110 Å². The highest BCUT2D eigenvalue weighted by Gasteiger charge is 2.37. The number of nitrogens with two attached hydrogens (primary N) is 1. The zero-order valence-electron chi connectivity index (χ0n) is 11.1. The van der Waals surface area contributed by atoms with Crippen LogP contribution in [-0.2, 0) is 4.74 Å². The predicted molar refractivity (Wildman–Crippen MR) is 69.0 cm³/mol. The number of hydrogen-bond donors (Lipinski definition) is 1. The third-order valence-electron chi connectivity index (χ3n) is 3.65. The molecule has 0 aliphatic carbocycles. The maximum Gasteiger partial charge on any atom is 0.243 e. The number of rotatable bonds is 4. The number of anilines is 1. The molecule has 7 heteroatoms. The Bertz CT molecular complexity index is 600. The first-order chi connectivity index (χ1) is 9.13. The second-order valence-electron chi connectivity index (χ2n) is 5.09. The lowest BCUT2D eigenvalue weighted by atomic mass is 9.84. The van der Waals surface area contributed by atoms with Crippen LogP contribution in [0.4, 0.5) is 5.95 Å². The summed E-state index contributed by atoms with van der Waals surface area (Å²) in [7, 11) is 0. The van der Waals surface area contributed by atoms with Crippen molar-refractivity contribution in [2.24, 2.45) is 5.41 Å². The van der Waals surface area contributed by atoms with E-state index in [0.717, 1.165) is 25.2 Å². The summed E-state index contributed by atoms with van der Waals surface area (Å²) in [5.41, 5.74) is 7.43. The van der Waals surface area contributed by atoms with Gasteiger partial charge in [0.25, 0.3) is 0 Å². The van der Waals surface area contributed by atoms with Crippen molar-refractivity contribution in [3.05, 3.63) is 11.6 Å². The molecule has 0 saturated carbocycles. The van der Waals surface area contributed by atoms with Crippen molar-refractivity contribution in [2.45, 2.75) is 20.3 Å². The third-order valence-corrected chi connectivity index (χ3v) is 3.65. The lowest BCUT2D eigenvalue weighted by Gasteiger charge is -2.40. The van der Waals surface area contributed by atoms with Gasteiger partial charge in [-0.15, -0.1) is 15.3 Å². The molecule has 3 heterocycles. The summed E-state index contributed by atoms with van der Waals surface area (Å²) in [5.74, 6) is 0.803. The molecular formula is C12H17N5O2. The number of hydrogen-bond acceptors (Lipinski definition) is 6. The van der Waals surface area contributed by atoms with E-state index in [2.05, 4.69) is 22.2 Å². The molecule has 19 heavy (non-hydrogen) atoms. The lowest BCUT2D eigenvalue weighted by molar-refractivity contribution is -0.134. The highest BCUT2D eigenvalue weighted by atomic mass is 16.5. The van der Waals surface area contributed by atoms with E-state index in [1.165, 1.54) is 4.52 Å². The van der Waals surface area contributed by atoms with Crippen LogP contribution in [0.1, 0.15) is 18.9 Å². The number of aromatic nitrogens is 4. The highest BCUT2D eigenvalue weighted by molar-refractivity contribution is 5.49. The number of fused-ring (bicyclic) bond motifs is 1. The van der Waals surface area contributed by atoms with Gasteiger partial charge in [0.15, 0.2) is 5.65 Å². The molecule has 0 bridgehead atoms. The summed E-state index contributed by atoms with van der Waals surface area (Å²) in [4.78, 5) is 0. The smallest absolute Gasteiger partial charge is 0.243 e. The van der Waals surface area contributed by atoms with Gasteiger partial charge in [0.05, 0.1) is 18.6 Å². The quantitative estimate of drug-likeness (QED) is 0.878. The van der Waals surface area contributed by atoms with E-state index < -0.39 is 0 Å². The fraction of sp³-hybridized carbons (Fsp3) is 0.583. The van der Waals surface area contributed by atoms with Crippen LogP contribution in [0, 0.1) is 12.3 Å². The van der Waals surface area contributed by atoms with Gasteiger partial charge in [-0.1, -0.05) is 6.92 Å². The Morgan fingerprint density at radius 2 is 2.26 bits per heavy atom. The average molecular weight is 263 g/mol. The molecule has 2 aromatic heterocycles. The van der Waals surface area contributed by atoms with Crippen molar-refractivity contribution in [1.82, 2.24) is 19.8 Å². The number of ether oxygens (including phenoxy) is 2. The minimum atomic E-state index is 0.128. The highest BCUT2D eigenvalue weighted by Crippen LogP contribution is 2.31. The van der Waals surface area contributed by atoms with Crippen molar-refractivity contribution in [3.8, 4) is 5.88 Å². The van der Waals surface area contributed by atoms with E-state index in [0.29, 0.717) is 18.1 Å². The number of nitrogens with zero attached hydrogens (tertiary/aromatic N) is 4. The minimum absolute atomic E-state index is 0.128. The largest absolute Gasteiger partial charge is 0.476 e. The van der Waals surface area contributed by atoms with Crippen LogP contribution in [0.15, 0.2) is 6.07 Å². The van der Waals surface area contributed by atoms with Crippen molar-refractivity contribution in [1.29, 1.82) is 0 Å². The summed E-state index contributed by atoms with van der Waals surface area (Å²) in [6.45, 7) is 6.17. The second-order valence-corrected chi connectivity index (χ2v) is 5.09. The Morgan fingerprint density at radius 3 is 2.89 bits per heavy atom. The first-order valence-corrected chi connectivity index (χ1v) is 6.33. The molecule has 1 aliphatic heterocycles. The first-order valence-electron chi connectivity index (χ1n) is 6.33. The third kappa shape index (κ3) is 1.99. The van der Waals surface area contributed by atoms with Crippen LogP contribution in [-0.4, -0.2) is 39.6 Å². The molecule has 0 radical (unpaired) electrons. The molecule has 102 valence electrons. The van der Waals surface area contributed by atoms with Crippen LogP contribution in [0.25, 0.3) is 5.65 Å². The van der Waals surface area contributed by atoms with Gasteiger partial charge in [0, 0.05) is 11.6 Å². The molecule has 0 aromatic carbocycles. The standard InChI is InChI=1S/C12H17N5O2/c1-3-12(5-18-6-12)7-19-9-4-8(2)10-14-15-11(13)17(10)16-9/h4H,3,5-7H2,1-2H3,(H2,13,15). The van der Waals surface area contributed by atoms with Crippen LogP contribution < -0.4 is 10.5 Å². The van der Waals surface area contributed by atoms with Crippen LogP contribution >= 0.6 is 0 Å². The van der Waals surface area contributed by atoms with Gasteiger partial charge in [0.2, 0.25) is 11.8 Å². The Hall–Kier alpha value is -1.89. The van der Waals surface area contributed by atoms with E-state index in [1.54, 1.807) is 0 Å². The van der Waals surface area contributed by atoms with Crippen LogP contribution in [0.2, 0.25) is 0 Å². The normalized spacial score (nSPS) is 17.4. The molecule has 7 nitrogen and oxygen atoms in total. The zero-order chi connectivity index (χ0) is 13.5. The summed E-state index contributed by atoms with van der Waals surface area (Å²) in [6, 6.07) is 1.85. The Morgan fingerprint density at radius 1 is 1.47 bits per heavy atom. The molecule has 2 N–H and O–H groups in total. The van der Waals surface area contributed by atoms with Crippen molar-refractivity contribution < 1.29 is 9.47 Å². The molecule has 1 fully saturated rings. The van der Waals surface area contributed by atoms with Gasteiger partial charge in [0.1, 0.15) is 6.61 Å². The molecule has 1 saturated heterocycles. The Kier molecular flexibility index (Phi) is 2.78. The molecule has 1 aliphatic rings. The monoisotopic (exact) mass is 263 g/mol. The van der Waals surface area contributed by atoms with E-state index in [4.69, 9.17) is 15.2 Å².